The van der Waals surface area contributed by atoms with Crippen LogP contribution < -0.4 is 10.6 Å². The van der Waals surface area contributed by atoms with Gasteiger partial charge in [0.1, 0.15) is 5.54 Å². The summed E-state index contributed by atoms with van der Waals surface area (Å²) >= 11 is 0. The Kier molecular flexibility index (Phi) is 2.56. The molecule has 2 N–H and O–H groups in total. The summed E-state index contributed by atoms with van der Waals surface area (Å²) in [4.78, 5) is 12.1. The van der Waals surface area contributed by atoms with Crippen molar-refractivity contribution in [1.82, 2.24) is 10.6 Å². The van der Waals surface area contributed by atoms with Crippen molar-refractivity contribution in [3.63, 3.8) is 0 Å². The molecule has 1 amide bonds. The summed E-state index contributed by atoms with van der Waals surface area (Å²) in [5.74, 6) is 0.0454. The fraction of sp³-hybridized carbons (Fsp3) is 0.267. The van der Waals surface area contributed by atoms with Crippen molar-refractivity contribution in [1.29, 1.82) is 0 Å². The average Bonchev–Trinajstić information content (AvgIpc) is 2.42. The summed E-state index contributed by atoms with van der Waals surface area (Å²) in [7, 11) is 0. The lowest BCUT2D eigenvalue weighted by molar-refractivity contribution is -0.128. The SMILES string of the molecule is CC1(c2ccc3ccccc3c2)NCCNC1=O. The second-order valence-electron chi connectivity index (χ2n) is 4.87. The van der Waals surface area contributed by atoms with Gasteiger partial charge < -0.3 is 5.32 Å². The van der Waals surface area contributed by atoms with Crippen LogP contribution in [0.25, 0.3) is 10.8 Å². The molecule has 2 aromatic carbocycles. The number of amides is 1. The van der Waals surface area contributed by atoms with E-state index in [2.05, 4.69) is 34.9 Å². The summed E-state index contributed by atoms with van der Waals surface area (Å²) in [6.07, 6.45) is 0. The Bertz CT molecular complexity index is 608. The standard InChI is InChI=1S/C15H16N2O/c1-15(14(18)16-8-9-17-15)13-7-6-11-4-2-3-5-12(11)10-13/h2-7,10,17H,8-9H2,1H3,(H,16,18). The fourth-order valence-electron chi connectivity index (χ4n) is 2.48. The van der Waals surface area contributed by atoms with Gasteiger partial charge in [0.05, 0.1) is 0 Å². The number of hydrogen-bond acceptors (Lipinski definition) is 2. The molecule has 0 radical (unpaired) electrons. The second kappa shape index (κ2) is 4.10. The Hall–Kier alpha value is -1.87. The molecular weight excluding hydrogens is 224 g/mol. The Balaban J connectivity index is 2.10. The topological polar surface area (TPSA) is 41.1 Å². The van der Waals surface area contributed by atoms with E-state index in [4.69, 9.17) is 0 Å². The van der Waals surface area contributed by atoms with Crippen LogP contribution in [-0.4, -0.2) is 19.0 Å². The highest BCUT2D eigenvalue weighted by Crippen LogP contribution is 2.26. The minimum atomic E-state index is -0.623. The molecule has 3 nitrogen and oxygen atoms in total. The summed E-state index contributed by atoms with van der Waals surface area (Å²) in [6, 6.07) is 14.4. The lowest BCUT2D eigenvalue weighted by atomic mass is 9.88. The Morgan fingerprint density at radius 3 is 2.61 bits per heavy atom. The van der Waals surface area contributed by atoms with Crippen molar-refractivity contribution in [2.45, 2.75) is 12.5 Å². The zero-order chi connectivity index (χ0) is 12.6. The Morgan fingerprint density at radius 1 is 1.06 bits per heavy atom. The van der Waals surface area contributed by atoms with E-state index in [0.29, 0.717) is 6.54 Å². The number of hydrogen-bond donors (Lipinski definition) is 2. The molecule has 1 fully saturated rings. The predicted molar refractivity (Wildman–Crippen MR) is 72.3 cm³/mol. The average molecular weight is 240 g/mol. The highest BCUT2D eigenvalue weighted by Gasteiger charge is 2.36. The normalized spacial score (nSPS) is 23.9. The van der Waals surface area contributed by atoms with Crippen LogP contribution in [0, 0.1) is 0 Å². The van der Waals surface area contributed by atoms with Gasteiger partial charge >= 0.3 is 0 Å². The van der Waals surface area contributed by atoms with Gasteiger partial charge in [0.25, 0.3) is 0 Å². The third-order valence-electron chi connectivity index (χ3n) is 3.67. The molecule has 1 heterocycles. The first kappa shape index (κ1) is 11.2. The van der Waals surface area contributed by atoms with E-state index in [1.54, 1.807) is 0 Å². The molecule has 1 aliphatic heterocycles. The van der Waals surface area contributed by atoms with Crippen LogP contribution in [0.4, 0.5) is 0 Å². The predicted octanol–water partition coefficient (Wildman–Crippen LogP) is 1.77. The highest BCUT2D eigenvalue weighted by atomic mass is 16.2. The van der Waals surface area contributed by atoms with Crippen molar-refractivity contribution in [3.8, 4) is 0 Å². The summed E-state index contributed by atoms with van der Waals surface area (Å²) in [6.45, 7) is 3.43. The van der Waals surface area contributed by atoms with Crippen LogP contribution in [-0.2, 0) is 10.3 Å². The van der Waals surface area contributed by atoms with Crippen LogP contribution >= 0.6 is 0 Å². The van der Waals surface area contributed by atoms with E-state index in [1.165, 1.54) is 5.39 Å². The van der Waals surface area contributed by atoms with E-state index < -0.39 is 5.54 Å². The molecule has 1 atom stereocenters. The van der Waals surface area contributed by atoms with Gasteiger partial charge in [-0.2, -0.15) is 0 Å². The molecule has 3 heteroatoms. The Morgan fingerprint density at radius 2 is 1.83 bits per heavy atom. The molecule has 1 saturated heterocycles. The molecule has 0 aliphatic carbocycles. The van der Waals surface area contributed by atoms with Gasteiger partial charge in [0, 0.05) is 13.1 Å². The van der Waals surface area contributed by atoms with Gasteiger partial charge in [-0.05, 0) is 29.3 Å². The van der Waals surface area contributed by atoms with E-state index >= 15 is 0 Å². The molecule has 1 unspecified atom stereocenters. The van der Waals surface area contributed by atoms with Crippen LogP contribution in [0.3, 0.4) is 0 Å². The number of benzene rings is 2. The summed E-state index contributed by atoms with van der Waals surface area (Å²) in [5.41, 5.74) is 0.390. The fourth-order valence-corrected chi connectivity index (χ4v) is 2.48. The van der Waals surface area contributed by atoms with E-state index in [-0.39, 0.29) is 5.91 Å². The quantitative estimate of drug-likeness (QED) is 0.797. The zero-order valence-electron chi connectivity index (χ0n) is 10.4. The number of carbonyl (C=O) groups is 1. The van der Waals surface area contributed by atoms with Gasteiger partial charge in [0.2, 0.25) is 5.91 Å². The minimum Gasteiger partial charge on any atom is -0.353 e. The molecule has 0 spiro atoms. The number of piperazine rings is 1. The van der Waals surface area contributed by atoms with Crippen LogP contribution in [0.1, 0.15) is 12.5 Å². The maximum Gasteiger partial charge on any atom is 0.244 e. The lowest BCUT2D eigenvalue weighted by Crippen LogP contribution is -2.59. The van der Waals surface area contributed by atoms with Crippen molar-refractivity contribution in [2.75, 3.05) is 13.1 Å². The van der Waals surface area contributed by atoms with Gasteiger partial charge in [-0.1, -0.05) is 36.4 Å². The molecule has 1 aliphatic rings. The number of rotatable bonds is 1. The molecule has 18 heavy (non-hydrogen) atoms. The Labute approximate surface area is 106 Å². The molecule has 92 valence electrons. The van der Waals surface area contributed by atoms with Gasteiger partial charge in [-0.15, -0.1) is 0 Å². The zero-order valence-corrected chi connectivity index (χ0v) is 10.4. The van der Waals surface area contributed by atoms with Crippen molar-refractivity contribution < 1.29 is 4.79 Å². The monoisotopic (exact) mass is 240 g/mol. The van der Waals surface area contributed by atoms with Crippen molar-refractivity contribution in [2.24, 2.45) is 0 Å². The summed E-state index contributed by atoms with van der Waals surface area (Å²) < 4.78 is 0. The molecule has 0 bridgehead atoms. The smallest absolute Gasteiger partial charge is 0.244 e. The van der Waals surface area contributed by atoms with Crippen LogP contribution in [0.5, 0.6) is 0 Å². The van der Waals surface area contributed by atoms with Crippen molar-refractivity contribution in [3.05, 3.63) is 48.0 Å². The third kappa shape index (κ3) is 1.68. The highest BCUT2D eigenvalue weighted by molar-refractivity contribution is 5.90. The number of fused-ring (bicyclic) bond motifs is 1. The van der Waals surface area contributed by atoms with E-state index in [0.717, 1.165) is 17.5 Å². The van der Waals surface area contributed by atoms with Gasteiger partial charge in [-0.25, -0.2) is 0 Å². The molecule has 3 rings (SSSR count). The van der Waals surface area contributed by atoms with Crippen LogP contribution in [0.2, 0.25) is 0 Å². The van der Waals surface area contributed by atoms with E-state index in [9.17, 15) is 4.79 Å². The molecule has 0 saturated carbocycles. The largest absolute Gasteiger partial charge is 0.353 e. The second-order valence-corrected chi connectivity index (χ2v) is 4.87. The van der Waals surface area contributed by atoms with E-state index in [1.807, 2.05) is 25.1 Å². The molecule has 2 aromatic rings. The maximum absolute atomic E-state index is 12.1. The first-order chi connectivity index (χ1) is 8.70. The lowest BCUT2D eigenvalue weighted by Gasteiger charge is -2.34. The maximum atomic E-state index is 12.1. The third-order valence-corrected chi connectivity index (χ3v) is 3.67. The molecule has 0 aromatic heterocycles. The first-order valence-corrected chi connectivity index (χ1v) is 6.23. The minimum absolute atomic E-state index is 0.0454. The number of nitrogens with one attached hydrogen (secondary N) is 2. The van der Waals surface area contributed by atoms with Gasteiger partial charge in [0.15, 0.2) is 0 Å². The van der Waals surface area contributed by atoms with Gasteiger partial charge in [-0.3, -0.25) is 10.1 Å². The molecular formula is C15H16N2O. The van der Waals surface area contributed by atoms with Crippen molar-refractivity contribution >= 4 is 16.7 Å². The first-order valence-electron chi connectivity index (χ1n) is 6.23. The van der Waals surface area contributed by atoms with Crippen LogP contribution in [0.15, 0.2) is 42.5 Å². The number of carbonyl (C=O) groups excluding carboxylic acids is 1. The summed E-state index contributed by atoms with van der Waals surface area (Å²) in [5, 5.41) is 8.59.